The molecule has 0 fully saturated rings. The SMILES string of the molecule is COC(=O)COc1ccc(-c2n[nH]nc2C(N)=O)cc1OC. The molecule has 0 aliphatic heterocycles. The Balaban J connectivity index is 2.30. The first-order chi connectivity index (χ1) is 10.6. The molecule has 1 aromatic heterocycles. The third-order valence-corrected chi connectivity index (χ3v) is 2.79. The summed E-state index contributed by atoms with van der Waals surface area (Å²) in [6.45, 7) is -0.247. The van der Waals surface area contributed by atoms with Crippen LogP contribution in [0.25, 0.3) is 11.3 Å². The molecule has 0 spiro atoms. The van der Waals surface area contributed by atoms with Crippen molar-refractivity contribution in [2.75, 3.05) is 20.8 Å². The molecular weight excluding hydrogens is 292 g/mol. The molecule has 0 aliphatic carbocycles. The molecule has 0 saturated heterocycles. The van der Waals surface area contributed by atoms with Crippen LogP contribution in [0.2, 0.25) is 0 Å². The number of methoxy groups -OCH3 is 2. The van der Waals surface area contributed by atoms with Crippen LogP contribution in [-0.2, 0) is 9.53 Å². The lowest BCUT2D eigenvalue weighted by atomic mass is 10.1. The smallest absolute Gasteiger partial charge is 0.343 e. The Morgan fingerprint density at radius 2 is 2.00 bits per heavy atom. The summed E-state index contributed by atoms with van der Waals surface area (Å²) >= 11 is 0. The normalized spacial score (nSPS) is 10.1. The van der Waals surface area contributed by atoms with E-state index < -0.39 is 11.9 Å². The number of hydrogen-bond donors (Lipinski definition) is 2. The first-order valence-electron chi connectivity index (χ1n) is 6.15. The maximum absolute atomic E-state index is 11.3. The Bertz CT molecular complexity index is 697. The average molecular weight is 306 g/mol. The second kappa shape index (κ2) is 6.57. The Labute approximate surface area is 125 Å². The summed E-state index contributed by atoms with van der Waals surface area (Å²) in [6.07, 6.45) is 0. The van der Waals surface area contributed by atoms with Gasteiger partial charge in [-0.2, -0.15) is 15.4 Å². The van der Waals surface area contributed by atoms with Crippen molar-refractivity contribution in [2.45, 2.75) is 0 Å². The standard InChI is InChI=1S/C13H14N4O5/c1-20-9-5-7(11-12(13(14)19)16-17-15-11)3-4-8(9)22-6-10(18)21-2/h3-5H,6H2,1-2H3,(H2,14,19)(H,15,16,17). The Kier molecular flexibility index (Phi) is 4.57. The molecule has 1 aromatic carbocycles. The maximum Gasteiger partial charge on any atom is 0.343 e. The zero-order valence-electron chi connectivity index (χ0n) is 12.0. The van der Waals surface area contributed by atoms with Gasteiger partial charge in [0.1, 0.15) is 5.69 Å². The number of nitrogens with two attached hydrogens (primary N) is 1. The van der Waals surface area contributed by atoms with Crippen LogP contribution >= 0.6 is 0 Å². The highest BCUT2D eigenvalue weighted by Gasteiger charge is 2.17. The number of benzene rings is 1. The predicted molar refractivity (Wildman–Crippen MR) is 74.4 cm³/mol. The summed E-state index contributed by atoms with van der Waals surface area (Å²) in [6, 6.07) is 4.81. The van der Waals surface area contributed by atoms with E-state index in [1.165, 1.54) is 14.2 Å². The fraction of sp³-hybridized carbons (Fsp3) is 0.231. The van der Waals surface area contributed by atoms with Crippen molar-refractivity contribution in [1.82, 2.24) is 15.4 Å². The monoisotopic (exact) mass is 306 g/mol. The van der Waals surface area contributed by atoms with Crippen LogP contribution in [0.15, 0.2) is 18.2 Å². The lowest BCUT2D eigenvalue weighted by Crippen LogP contribution is -2.13. The fourth-order valence-electron chi connectivity index (χ4n) is 1.73. The number of nitrogens with zero attached hydrogens (tertiary/aromatic N) is 2. The maximum atomic E-state index is 11.3. The van der Waals surface area contributed by atoms with E-state index in [9.17, 15) is 9.59 Å². The van der Waals surface area contributed by atoms with Gasteiger partial charge < -0.3 is 19.9 Å². The number of aromatic nitrogens is 3. The van der Waals surface area contributed by atoms with Crippen molar-refractivity contribution in [3.63, 3.8) is 0 Å². The average Bonchev–Trinajstić information content (AvgIpc) is 3.02. The van der Waals surface area contributed by atoms with Gasteiger partial charge in [-0.15, -0.1) is 0 Å². The molecule has 2 rings (SSSR count). The van der Waals surface area contributed by atoms with Gasteiger partial charge >= 0.3 is 5.97 Å². The minimum absolute atomic E-state index is 0.0188. The molecule has 2 aromatic rings. The van der Waals surface area contributed by atoms with E-state index in [2.05, 4.69) is 20.1 Å². The van der Waals surface area contributed by atoms with Crippen molar-refractivity contribution in [1.29, 1.82) is 0 Å². The molecule has 9 heteroatoms. The van der Waals surface area contributed by atoms with Gasteiger partial charge in [-0.1, -0.05) is 0 Å². The molecule has 1 heterocycles. The Morgan fingerprint density at radius 1 is 1.23 bits per heavy atom. The van der Waals surface area contributed by atoms with Gasteiger partial charge in [0.15, 0.2) is 23.8 Å². The van der Waals surface area contributed by atoms with Crippen molar-refractivity contribution >= 4 is 11.9 Å². The molecule has 0 atom stereocenters. The number of esters is 1. The van der Waals surface area contributed by atoms with Gasteiger partial charge in [0.05, 0.1) is 14.2 Å². The first kappa shape index (κ1) is 15.3. The first-order valence-corrected chi connectivity index (χ1v) is 6.15. The van der Waals surface area contributed by atoms with Gasteiger partial charge in [0.2, 0.25) is 0 Å². The summed E-state index contributed by atoms with van der Waals surface area (Å²) < 4.78 is 15.0. The molecule has 22 heavy (non-hydrogen) atoms. The topological polar surface area (TPSA) is 129 Å². The number of carbonyl (C=O) groups excluding carboxylic acids is 2. The van der Waals surface area contributed by atoms with Gasteiger partial charge in [-0.3, -0.25) is 4.79 Å². The largest absolute Gasteiger partial charge is 0.493 e. The van der Waals surface area contributed by atoms with E-state index >= 15 is 0 Å². The quantitative estimate of drug-likeness (QED) is 0.725. The van der Waals surface area contributed by atoms with E-state index in [1.807, 2.05) is 0 Å². The van der Waals surface area contributed by atoms with Crippen LogP contribution in [0.4, 0.5) is 0 Å². The molecular formula is C13H14N4O5. The second-order valence-corrected chi connectivity index (χ2v) is 4.12. The van der Waals surface area contributed by atoms with E-state index in [4.69, 9.17) is 15.2 Å². The van der Waals surface area contributed by atoms with E-state index in [1.54, 1.807) is 18.2 Å². The van der Waals surface area contributed by atoms with Crippen molar-refractivity contribution in [2.24, 2.45) is 5.73 Å². The molecule has 3 N–H and O–H groups in total. The van der Waals surface area contributed by atoms with Crippen LogP contribution < -0.4 is 15.2 Å². The number of ether oxygens (including phenoxy) is 3. The van der Waals surface area contributed by atoms with Crippen LogP contribution in [0, 0.1) is 0 Å². The number of rotatable bonds is 6. The Morgan fingerprint density at radius 3 is 2.64 bits per heavy atom. The molecule has 9 nitrogen and oxygen atoms in total. The molecule has 0 saturated carbocycles. The van der Waals surface area contributed by atoms with Gasteiger partial charge in [-0.25, -0.2) is 4.79 Å². The van der Waals surface area contributed by atoms with Crippen LogP contribution in [-0.4, -0.2) is 48.1 Å². The molecule has 0 radical (unpaired) electrons. The summed E-state index contributed by atoms with van der Waals surface area (Å²) in [4.78, 5) is 22.4. The van der Waals surface area contributed by atoms with E-state index in [0.717, 1.165) is 0 Å². The highest BCUT2D eigenvalue weighted by atomic mass is 16.6. The van der Waals surface area contributed by atoms with E-state index in [-0.39, 0.29) is 12.3 Å². The van der Waals surface area contributed by atoms with Gasteiger partial charge in [0.25, 0.3) is 5.91 Å². The van der Waals surface area contributed by atoms with Crippen LogP contribution in [0.3, 0.4) is 0 Å². The summed E-state index contributed by atoms with van der Waals surface area (Å²) in [7, 11) is 2.71. The van der Waals surface area contributed by atoms with E-state index in [0.29, 0.717) is 22.8 Å². The van der Waals surface area contributed by atoms with Gasteiger partial charge in [0, 0.05) is 5.56 Å². The Hall–Kier alpha value is -3.10. The summed E-state index contributed by atoms with van der Waals surface area (Å²) in [5.41, 5.74) is 6.10. The lowest BCUT2D eigenvalue weighted by molar-refractivity contribution is -0.142. The number of amides is 1. The number of aromatic amines is 1. The highest BCUT2D eigenvalue weighted by molar-refractivity contribution is 5.96. The molecule has 1 amide bonds. The van der Waals surface area contributed by atoms with Crippen LogP contribution in [0.5, 0.6) is 11.5 Å². The van der Waals surface area contributed by atoms with Gasteiger partial charge in [-0.05, 0) is 18.2 Å². The molecule has 0 bridgehead atoms. The van der Waals surface area contributed by atoms with Crippen molar-refractivity contribution in [3.8, 4) is 22.8 Å². The molecule has 116 valence electrons. The molecule has 0 unspecified atom stereocenters. The van der Waals surface area contributed by atoms with Crippen LogP contribution in [0.1, 0.15) is 10.5 Å². The number of H-pyrrole nitrogens is 1. The minimum Gasteiger partial charge on any atom is -0.493 e. The zero-order valence-corrected chi connectivity index (χ0v) is 12.0. The number of nitrogens with one attached hydrogen (secondary N) is 1. The third kappa shape index (κ3) is 3.14. The number of hydrogen-bond acceptors (Lipinski definition) is 7. The van der Waals surface area contributed by atoms with Crippen molar-refractivity contribution in [3.05, 3.63) is 23.9 Å². The molecule has 0 aliphatic rings. The minimum atomic E-state index is -0.700. The fourth-order valence-corrected chi connectivity index (χ4v) is 1.73. The summed E-state index contributed by atoms with van der Waals surface area (Å²) in [5.74, 6) is -0.507. The predicted octanol–water partition coefficient (Wildman–Crippen LogP) is 0.131. The lowest BCUT2D eigenvalue weighted by Gasteiger charge is -2.11. The summed E-state index contributed by atoms with van der Waals surface area (Å²) in [5, 5.41) is 9.93. The third-order valence-electron chi connectivity index (χ3n) is 2.79. The zero-order chi connectivity index (χ0) is 16.1. The van der Waals surface area contributed by atoms with Crippen molar-refractivity contribution < 1.29 is 23.8 Å². The number of carbonyl (C=O) groups is 2. The number of primary amides is 1. The highest BCUT2D eigenvalue weighted by Crippen LogP contribution is 2.32. The second-order valence-electron chi connectivity index (χ2n) is 4.12.